The molecule has 7 nitrogen and oxygen atoms in total. The van der Waals surface area contributed by atoms with Gasteiger partial charge in [-0.2, -0.15) is 0 Å². The molecule has 0 aliphatic carbocycles. The van der Waals surface area contributed by atoms with Crippen LogP contribution in [0.1, 0.15) is 34.4 Å². The molecule has 0 bridgehead atoms. The number of aryl methyl sites for hydroxylation is 1. The summed E-state index contributed by atoms with van der Waals surface area (Å²) in [6.45, 7) is 6.50. The Bertz CT molecular complexity index is 577. The van der Waals surface area contributed by atoms with E-state index in [1.54, 1.807) is 0 Å². The Kier molecular flexibility index (Phi) is 4.10. The van der Waals surface area contributed by atoms with Gasteiger partial charge >= 0.3 is 0 Å². The van der Waals surface area contributed by atoms with Gasteiger partial charge in [-0.15, -0.1) is 10.2 Å². The van der Waals surface area contributed by atoms with Crippen molar-refractivity contribution in [3.05, 3.63) is 16.3 Å². The van der Waals surface area contributed by atoms with Crippen molar-refractivity contribution in [3.8, 4) is 0 Å². The summed E-state index contributed by atoms with van der Waals surface area (Å²) in [5, 5.41) is 18.1. The Morgan fingerprint density at radius 3 is 2.79 bits per heavy atom. The minimum atomic E-state index is -0.346. The highest BCUT2D eigenvalue weighted by atomic mass is 32.1. The lowest BCUT2D eigenvalue weighted by Crippen LogP contribution is -2.11. The highest BCUT2D eigenvalue weighted by Crippen LogP contribution is 2.20. The number of hydrogen-bond donors (Lipinski definition) is 2. The van der Waals surface area contributed by atoms with Crippen LogP contribution in [0, 0.1) is 13.8 Å². The lowest BCUT2D eigenvalue weighted by atomic mass is 10.3. The molecule has 102 valence electrons. The summed E-state index contributed by atoms with van der Waals surface area (Å²) in [5.41, 5.74) is 1.56. The van der Waals surface area contributed by atoms with E-state index in [4.69, 9.17) is 4.52 Å². The van der Waals surface area contributed by atoms with Crippen molar-refractivity contribution in [2.24, 2.45) is 0 Å². The predicted octanol–water partition coefficient (Wildman–Crippen LogP) is 2.22. The van der Waals surface area contributed by atoms with Gasteiger partial charge in [0.1, 0.15) is 0 Å². The first-order chi connectivity index (χ1) is 9.11. The fourth-order valence-electron chi connectivity index (χ4n) is 1.31. The molecule has 0 radical (unpaired) electrons. The first-order valence-corrected chi connectivity index (χ1v) is 6.75. The molecule has 2 aromatic rings. The van der Waals surface area contributed by atoms with Gasteiger partial charge in [0.2, 0.25) is 16.0 Å². The minimum Gasteiger partial charge on any atom is -0.360 e. The summed E-state index contributed by atoms with van der Waals surface area (Å²) in [4.78, 5) is 11.9. The zero-order valence-corrected chi connectivity index (χ0v) is 11.8. The quantitative estimate of drug-likeness (QED) is 0.873. The van der Waals surface area contributed by atoms with Gasteiger partial charge in [0.05, 0.1) is 5.69 Å². The van der Waals surface area contributed by atoms with Crippen molar-refractivity contribution in [1.82, 2.24) is 15.4 Å². The first kappa shape index (κ1) is 13.5. The number of anilines is 2. The molecule has 0 atom stereocenters. The zero-order chi connectivity index (χ0) is 13.8. The Labute approximate surface area is 114 Å². The Morgan fingerprint density at radius 2 is 2.16 bits per heavy atom. The van der Waals surface area contributed by atoms with Crippen LogP contribution in [0.15, 0.2) is 4.52 Å². The molecular formula is C11H15N5O2S. The smallest absolute Gasteiger partial charge is 0.289 e. The van der Waals surface area contributed by atoms with Gasteiger partial charge in [-0.25, -0.2) is 0 Å². The SMILES string of the molecule is CCCNc1nnc(C(=O)Nc2onc(C)c2C)s1. The zero-order valence-electron chi connectivity index (χ0n) is 11.0. The van der Waals surface area contributed by atoms with Crippen molar-refractivity contribution < 1.29 is 9.32 Å². The number of nitrogens with zero attached hydrogens (tertiary/aromatic N) is 3. The van der Waals surface area contributed by atoms with Crippen LogP contribution in [0.3, 0.4) is 0 Å². The molecule has 2 aromatic heterocycles. The Balaban J connectivity index is 2.03. The summed E-state index contributed by atoms with van der Waals surface area (Å²) in [7, 11) is 0. The molecule has 8 heteroatoms. The molecule has 2 N–H and O–H groups in total. The van der Waals surface area contributed by atoms with Crippen LogP contribution in [-0.2, 0) is 0 Å². The van der Waals surface area contributed by atoms with E-state index < -0.39 is 0 Å². The number of carbonyl (C=O) groups excluding carboxylic acids is 1. The number of hydrogen-bond acceptors (Lipinski definition) is 7. The Morgan fingerprint density at radius 1 is 1.37 bits per heavy atom. The maximum atomic E-state index is 11.9. The van der Waals surface area contributed by atoms with Crippen molar-refractivity contribution in [1.29, 1.82) is 0 Å². The highest BCUT2D eigenvalue weighted by Gasteiger charge is 2.17. The second-order valence-electron chi connectivity index (χ2n) is 4.02. The number of rotatable bonds is 5. The van der Waals surface area contributed by atoms with Gasteiger partial charge < -0.3 is 9.84 Å². The first-order valence-electron chi connectivity index (χ1n) is 5.93. The van der Waals surface area contributed by atoms with Crippen LogP contribution in [0.4, 0.5) is 11.0 Å². The van der Waals surface area contributed by atoms with Crippen LogP contribution in [0.2, 0.25) is 0 Å². The van der Waals surface area contributed by atoms with Crippen LogP contribution in [0.5, 0.6) is 0 Å². The number of nitrogens with one attached hydrogen (secondary N) is 2. The number of amides is 1. The number of carbonyl (C=O) groups is 1. The van der Waals surface area contributed by atoms with E-state index in [-0.39, 0.29) is 10.9 Å². The van der Waals surface area contributed by atoms with Gasteiger partial charge in [0.15, 0.2) is 0 Å². The summed E-state index contributed by atoms with van der Waals surface area (Å²) >= 11 is 1.21. The maximum absolute atomic E-state index is 11.9. The second-order valence-corrected chi connectivity index (χ2v) is 4.99. The normalized spacial score (nSPS) is 10.5. The van der Waals surface area contributed by atoms with Gasteiger partial charge in [-0.3, -0.25) is 10.1 Å². The second kappa shape index (κ2) is 5.79. The van der Waals surface area contributed by atoms with Crippen LogP contribution < -0.4 is 10.6 Å². The highest BCUT2D eigenvalue weighted by molar-refractivity contribution is 7.17. The van der Waals surface area contributed by atoms with Gasteiger partial charge in [0, 0.05) is 12.1 Å². The van der Waals surface area contributed by atoms with E-state index in [1.165, 1.54) is 11.3 Å². The summed E-state index contributed by atoms with van der Waals surface area (Å²) < 4.78 is 5.02. The van der Waals surface area contributed by atoms with Crippen LogP contribution in [-0.4, -0.2) is 27.8 Å². The molecular weight excluding hydrogens is 266 g/mol. The molecule has 0 saturated heterocycles. The minimum absolute atomic E-state index is 0.284. The van der Waals surface area contributed by atoms with E-state index in [9.17, 15) is 4.79 Å². The molecule has 0 aliphatic heterocycles. The topological polar surface area (TPSA) is 92.9 Å². The maximum Gasteiger partial charge on any atom is 0.289 e. The lowest BCUT2D eigenvalue weighted by Gasteiger charge is -1.98. The molecule has 2 heterocycles. The largest absolute Gasteiger partial charge is 0.360 e. The van der Waals surface area contributed by atoms with Crippen LogP contribution >= 0.6 is 11.3 Å². The van der Waals surface area contributed by atoms with Gasteiger partial charge in [-0.1, -0.05) is 23.4 Å². The average molecular weight is 281 g/mol. The fourth-order valence-corrected chi connectivity index (χ4v) is 1.97. The molecule has 0 aliphatic rings. The molecule has 0 aromatic carbocycles. The third kappa shape index (κ3) is 3.08. The van der Waals surface area contributed by atoms with Crippen molar-refractivity contribution >= 4 is 28.3 Å². The van der Waals surface area contributed by atoms with Gasteiger partial charge in [0.25, 0.3) is 5.91 Å². The lowest BCUT2D eigenvalue weighted by molar-refractivity contribution is 0.102. The molecule has 0 fully saturated rings. The number of aromatic nitrogens is 3. The van der Waals surface area contributed by atoms with E-state index in [1.807, 2.05) is 13.8 Å². The molecule has 19 heavy (non-hydrogen) atoms. The van der Waals surface area contributed by atoms with E-state index in [0.29, 0.717) is 11.0 Å². The Hall–Kier alpha value is -1.96. The van der Waals surface area contributed by atoms with E-state index in [2.05, 4.69) is 32.9 Å². The van der Waals surface area contributed by atoms with E-state index in [0.717, 1.165) is 24.2 Å². The summed E-state index contributed by atoms with van der Waals surface area (Å²) in [5.74, 6) is 0.00191. The van der Waals surface area contributed by atoms with Crippen molar-refractivity contribution in [3.63, 3.8) is 0 Å². The fraction of sp³-hybridized carbons (Fsp3) is 0.455. The molecule has 0 saturated carbocycles. The molecule has 1 amide bonds. The molecule has 2 rings (SSSR count). The third-order valence-corrected chi connectivity index (χ3v) is 3.41. The average Bonchev–Trinajstić information content (AvgIpc) is 2.98. The summed E-state index contributed by atoms with van der Waals surface area (Å²) in [6, 6.07) is 0. The third-order valence-electron chi connectivity index (χ3n) is 2.53. The standard InChI is InChI=1S/C11H15N5O2S/c1-4-5-12-11-15-14-10(19-11)8(17)13-9-6(2)7(3)16-18-9/h4-5H2,1-3H3,(H,12,15)(H,13,17). The van der Waals surface area contributed by atoms with Crippen molar-refractivity contribution in [2.45, 2.75) is 27.2 Å². The monoisotopic (exact) mass is 281 g/mol. The van der Waals surface area contributed by atoms with Crippen molar-refractivity contribution in [2.75, 3.05) is 17.2 Å². The van der Waals surface area contributed by atoms with Crippen LogP contribution in [0.25, 0.3) is 0 Å². The molecule has 0 spiro atoms. The predicted molar refractivity (Wildman–Crippen MR) is 72.6 cm³/mol. The molecule has 0 unspecified atom stereocenters. The summed E-state index contributed by atoms with van der Waals surface area (Å²) in [6.07, 6.45) is 0.984. The van der Waals surface area contributed by atoms with E-state index >= 15 is 0 Å². The van der Waals surface area contributed by atoms with Gasteiger partial charge in [-0.05, 0) is 20.3 Å².